The molecule has 4 heterocycles. The maximum atomic E-state index is 8.20. The van der Waals surface area contributed by atoms with E-state index in [-0.39, 0.29) is 42.8 Å². The Morgan fingerprint density at radius 2 is 1.36 bits per heavy atom. The van der Waals surface area contributed by atoms with E-state index < -0.39 is 0 Å². The van der Waals surface area contributed by atoms with Gasteiger partial charge in [0, 0.05) is 48.9 Å². The summed E-state index contributed by atoms with van der Waals surface area (Å²) in [5.41, 5.74) is 14.5. The molecule has 4 aromatic heterocycles. The molecule has 0 atom stereocenters. The average molecular weight is 1040 g/mol. The second-order valence-electron chi connectivity index (χ2n) is 19.4. The number of hydrogen-bond acceptors (Lipinski definition) is 5. The van der Waals surface area contributed by atoms with E-state index in [9.17, 15) is 0 Å². The van der Waals surface area contributed by atoms with Gasteiger partial charge in [0.05, 0.1) is 29.0 Å². The number of pyridine rings is 1. The van der Waals surface area contributed by atoms with Crippen LogP contribution in [-0.4, -0.2) is 19.5 Å². The summed E-state index contributed by atoms with van der Waals surface area (Å²) in [6, 6.07) is 48.1. The van der Waals surface area contributed by atoms with Crippen molar-refractivity contribution >= 4 is 49.8 Å². The van der Waals surface area contributed by atoms with Crippen LogP contribution >= 0.6 is 0 Å². The number of para-hydroxylation sites is 2. The summed E-state index contributed by atoms with van der Waals surface area (Å²) in [6.07, 6.45) is 1.87. The summed E-state index contributed by atoms with van der Waals surface area (Å²) < 4.78 is 15.2. The van der Waals surface area contributed by atoms with Gasteiger partial charge in [0.15, 0.2) is 11.5 Å². The number of aromatic nitrogens is 4. The Morgan fingerprint density at radius 1 is 0.667 bits per heavy atom. The molecule has 0 aliphatic rings. The number of imidazole rings is 1. The Bertz CT molecular complexity index is 3380. The summed E-state index contributed by atoms with van der Waals surface area (Å²) in [5, 5.41) is 1.53. The van der Waals surface area contributed by atoms with Crippen molar-refractivity contribution in [1.82, 2.24) is 19.5 Å². The first kappa shape index (κ1) is 45.9. The zero-order valence-electron chi connectivity index (χ0n) is 39.2. The standard InChI is InChI=1S/C43H37N4O2.C15H16N.Ir/c1-24(2)30-21-27(26-15-10-9-11-16-26)22-31(25(3)4)38(30)47-34-20-13-12-19-32(34)45-41(47)29-18-14-17-28-36-35(48-39(28)29)23-33-40(37(36)44-8)49-42(46-33)43(5,6)7;1-15(2,3)13-9-10-16-14(11-13)12-7-5-4-6-8-12;/h9-17,19-25H,1-7H3;4-7,9-11H,1-3H3;/q2*-1;. The molecule has 0 saturated heterocycles. The maximum Gasteiger partial charge on any atom is 0.240 e. The molecular formula is C58H53IrN5O2-2. The van der Waals surface area contributed by atoms with E-state index in [0.29, 0.717) is 39.2 Å². The molecule has 0 unspecified atom stereocenters. The van der Waals surface area contributed by atoms with Crippen LogP contribution in [-0.2, 0) is 30.9 Å². The third-order valence-corrected chi connectivity index (χ3v) is 11.9. The largest absolute Gasteiger partial charge is 0.502 e. The Kier molecular flexibility index (Phi) is 12.5. The molecule has 10 aromatic rings. The van der Waals surface area contributed by atoms with Crippen LogP contribution in [0.4, 0.5) is 5.69 Å². The number of nitrogens with zero attached hydrogens (tertiary/aromatic N) is 5. The van der Waals surface area contributed by atoms with E-state index in [0.717, 1.165) is 44.8 Å². The van der Waals surface area contributed by atoms with E-state index in [1.165, 1.54) is 27.8 Å². The fourth-order valence-electron chi connectivity index (χ4n) is 8.49. The number of fused-ring (bicyclic) bond motifs is 5. The minimum absolute atomic E-state index is 0. The first-order valence-corrected chi connectivity index (χ1v) is 22.4. The Balaban J connectivity index is 0.000000295. The zero-order valence-corrected chi connectivity index (χ0v) is 41.6. The smallest absolute Gasteiger partial charge is 0.240 e. The van der Waals surface area contributed by atoms with E-state index in [2.05, 4.69) is 148 Å². The molecule has 0 fully saturated rings. The van der Waals surface area contributed by atoms with Gasteiger partial charge >= 0.3 is 0 Å². The van der Waals surface area contributed by atoms with Crippen molar-refractivity contribution in [1.29, 1.82) is 0 Å². The van der Waals surface area contributed by atoms with Gasteiger partial charge in [-0.05, 0) is 81.1 Å². The molecule has 333 valence electrons. The minimum Gasteiger partial charge on any atom is -0.502 e. The number of rotatable bonds is 6. The third kappa shape index (κ3) is 8.50. The summed E-state index contributed by atoms with van der Waals surface area (Å²) in [6.45, 7) is 30.0. The first-order chi connectivity index (χ1) is 31.1. The number of oxazole rings is 1. The second-order valence-corrected chi connectivity index (χ2v) is 19.4. The normalized spacial score (nSPS) is 11.9. The minimum atomic E-state index is -0.300. The van der Waals surface area contributed by atoms with E-state index in [4.69, 9.17) is 25.4 Å². The molecule has 0 bridgehead atoms. The quantitative estimate of drug-likeness (QED) is 0.155. The van der Waals surface area contributed by atoms with Crippen molar-refractivity contribution in [2.45, 2.75) is 91.9 Å². The van der Waals surface area contributed by atoms with Crippen LogP contribution in [0.5, 0.6) is 0 Å². The number of benzene rings is 6. The fourth-order valence-corrected chi connectivity index (χ4v) is 8.49. The average Bonchev–Trinajstić information content (AvgIpc) is 4.02. The van der Waals surface area contributed by atoms with Gasteiger partial charge in [-0.3, -0.25) is 4.98 Å². The summed E-state index contributed by atoms with van der Waals surface area (Å²) in [4.78, 5) is 18.4. The molecule has 0 saturated carbocycles. The zero-order chi connectivity index (χ0) is 45.8. The van der Waals surface area contributed by atoms with Crippen LogP contribution in [0.3, 0.4) is 0 Å². The van der Waals surface area contributed by atoms with E-state index in [1.807, 2.05) is 75.5 Å². The molecule has 6 aromatic carbocycles. The van der Waals surface area contributed by atoms with Crippen LogP contribution in [0, 0.1) is 18.7 Å². The fraction of sp³-hybridized carbons (Fsp3) is 0.241. The van der Waals surface area contributed by atoms with Crippen LogP contribution < -0.4 is 0 Å². The van der Waals surface area contributed by atoms with Gasteiger partial charge in [-0.2, -0.15) is 0 Å². The topological polar surface area (TPSA) is 74.2 Å². The molecule has 66 heavy (non-hydrogen) atoms. The van der Waals surface area contributed by atoms with Gasteiger partial charge in [-0.1, -0.05) is 129 Å². The molecule has 0 amide bonds. The van der Waals surface area contributed by atoms with Crippen molar-refractivity contribution in [3.8, 4) is 39.5 Å². The molecule has 7 nitrogen and oxygen atoms in total. The molecule has 0 aliphatic heterocycles. The summed E-state index contributed by atoms with van der Waals surface area (Å²) in [5.74, 6) is 1.80. The molecule has 0 N–H and O–H groups in total. The van der Waals surface area contributed by atoms with Gasteiger partial charge in [-0.15, -0.1) is 54.1 Å². The van der Waals surface area contributed by atoms with Crippen molar-refractivity contribution in [3.63, 3.8) is 0 Å². The number of furan rings is 1. The third-order valence-electron chi connectivity index (χ3n) is 11.9. The Morgan fingerprint density at radius 3 is 2.02 bits per heavy atom. The first-order valence-electron chi connectivity index (χ1n) is 22.4. The van der Waals surface area contributed by atoms with Crippen LogP contribution in [0.1, 0.15) is 104 Å². The van der Waals surface area contributed by atoms with Crippen LogP contribution in [0.25, 0.3) is 88.4 Å². The number of hydrogen-bond donors (Lipinski definition) is 0. The Labute approximate surface area is 401 Å². The second kappa shape index (κ2) is 18.0. The molecule has 0 spiro atoms. The van der Waals surface area contributed by atoms with Crippen molar-refractivity contribution in [2.24, 2.45) is 0 Å². The Hall–Kier alpha value is -6.65. The van der Waals surface area contributed by atoms with Crippen LogP contribution in [0.2, 0.25) is 0 Å². The van der Waals surface area contributed by atoms with Gasteiger partial charge in [-0.25, -0.2) is 9.83 Å². The van der Waals surface area contributed by atoms with E-state index >= 15 is 0 Å². The SMILES string of the molecule is CC(C)(C)c1ccnc(-c2[c-]cccc2)c1.[C-]#[N+]c1c2oc(C(C)(C)C)nc2cc2oc3c(-c4nc5ccccc5n4-c4c(C(C)C)cc(-c5ccccc5)cc4C(C)C)[c-]ccc3c12.[Ir]. The maximum absolute atomic E-state index is 8.20. The summed E-state index contributed by atoms with van der Waals surface area (Å²) in [7, 11) is 0. The van der Waals surface area contributed by atoms with Crippen LogP contribution in [0.15, 0.2) is 136 Å². The molecular weight excluding hydrogens is 991 g/mol. The van der Waals surface area contributed by atoms with Crippen molar-refractivity contribution < 1.29 is 28.9 Å². The van der Waals surface area contributed by atoms with Gasteiger partial charge < -0.3 is 18.4 Å². The van der Waals surface area contributed by atoms with Gasteiger partial charge in [0.1, 0.15) is 11.1 Å². The summed E-state index contributed by atoms with van der Waals surface area (Å²) >= 11 is 0. The van der Waals surface area contributed by atoms with Crippen molar-refractivity contribution in [3.05, 3.63) is 174 Å². The van der Waals surface area contributed by atoms with Gasteiger partial charge in [0.2, 0.25) is 5.69 Å². The molecule has 0 aliphatic carbocycles. The predicted molar refractivity (Wildman–Crippen MR) is 266 cm³/mol. The predicted octanol–water partition coefficient (Wildman–Crippen LogP) is 16.1. The molecule has 8 heteroatoms. The molecule has 10 rings (SSSR count). The van der Waals surface area contributed by atoms with E-state index in [1.54, 1.807) is 0 Å². The van der Waals surface area contributed by atoms with Crippen molar-refractivity contribution in [2.75, 3.05) is 0 Å². The molecule has 1 radical (unpaired) electrons. The van der Waals surface area contributed by atoms with Gasteiger partial charge in [0.25, 0.3) is 0 Å². The monoisotopic (exact) mass is 1040 g/mol.